The van der Waals surface area contributed by atoms with Crippen molar-refractivity contribution in [2.45, 2.75) is 26.2 Å². The summed E-state index contributed by atoms with van der Waals surface area (Å²) >= 11 is 0. The first-order valence-electron chi connectivity index (χ1n) is 10.3. The van der Waals surface area contributed by atoms with Crippen LogP contribution in [0.4, 0.5) is 0 Å². The van der Waals surface area contributed by atoms with Crippen molar-refractivity contribution in [3.63, 3.8) is 0 Å². The standard InChI is InChI=1S/C23H27N3O3/c1-16(22(27)24-11-8-19-6-4-14-29-19)17-9-12-26(13-10-17)23(28)21-15-18-5-2-3-7-20(18)25-21/h2-7,14-17,25H,8-13H2,1H3,(H,24,27)/t16-/m0/s1. The van der Waals surface area contributed by atoms with E-state index < -0.39 is 0 Å². The number of nitrogens with one attached hydrogen (secondary N) is 2. The van der Waals surface area contributed by atoms with Crippen LogP contribution in [0.5, 0.6) is 0 Å². The van der Waals surface area contributed by atoms with Gasteiger partial charge in [-0.15, -0.1) is 0 Å². The van der Waals surface area contributed by atoms with Crippen molar-refractivity contribution >= 4 is 22.7 Å². The molecule has 3 heterocycles. The summed E-state index contributed by atoms with van der Waals surface area (Å²) in [5, 5.41) is 4.06. The summed E-state index contributed by atoms with van der Waals surface area (Å²) < 4.78 is 5.29. The van der Waals surface area contributed by atoms with Gasteiger partial charge in [-0.05, 0) is 43.0 Å². The molecule has 152 valence electrons. The molecule has 2 amide bonds. The minimum absolute atomic E-state index is 0.0372. The number of carbonyl (C=O) groups excluding carboxylic acids is 2. The zero-order chi connectivity index (χ0) is 20.2. The number of likely N-dealkylation sites (tertiary alicyclic amines) is 1. The van der Waals surface area contributed by atoms with E-state index in [0.717, 1.165) is 29.5 Å². The average molecular weight is 393 g/mol. The third-order valence-corrected chi connectivity index (χ3v) is 5.96. The zero-order valence-corrected chi connectivity index (χ0v) is 16.7. The Balaban J connectivity index is 1.26. The molecular weight excluding hydrogens is 366 g/mol. The van der Waals surface area contributed by atoms with Crippen LogP contribution in [0.1, 0.15) is 36.0 Å². The van der Waals surface area contributed by atoms with Gasteiger partial charge >= 0.3 is 0 Å². The lowest BCUT2D eigenvalue weighted by atomic mass is 9.84. The van der Waals surface area contributed by atoms with Gasteiger partial charge in [-0.25, -0.2) is 0 Å². The van der Waals surface area contributed by atoms with Crippen molar-refractivity contribution in [3.05, 3.63) is 60.2 Å². The predicted octanol–water partition coefficient (Wildman–Crippen LogP) is 3.61. The smallest absolute Gasteiger partial charge is 0.270 e. The Morgan fingerprint density at radius 1 is 1.21 bits per heavy atom. The number of furan rings is 1. The van der Waals surface area contributed by atoms with Gasteiger partial charge in [-0.2, -0.15) is 0 Å². The molecular formula is C23H27N3O3. The highest BCUT2D eigenvalue weighted by atomic mass is 16.3. The Hall–Kier alpha value is -3.02. The van der Waals surface area contributed by atoms with Crippen molar-refractivity contribution in [3.8, 4) is 0 Å². The predicted molar refractivity (Wildman–Crippen MR) is 112 cm³/mol. The highest BCUT2D eigenvalue weighted by Crippen LogP contribution is 2.26. The molecule has 29 heavy (non-hydrogen) atoms. The summed E-state index contributed by atoms with van der Waals surface area (Å²) in [6.07, 6.45) is 4.03. The zero-order valence-electron chi connectivity index (χ0n) is 16.7. The number of piperidine rings is 1. The number of rotatable bonds is 6. The van der Waals surface area contributed by atoms with Crippen LogP contribution in [0.25, 0.3) is 10.9 Å². The third kappa shape index (κ3) is 4.36. The maximum atomic E-state index is 12.8. The summed E-state index contributed by atoms with van der Waals surface area (Å²) in [5.41, 5.74) is 1.61. The molecule has 0 aliphatic carbocycles. The fraction of sp³-hybridized carbons (Fsp3) is 0.391. The monoisotopic (exact) mass is 393 g/mol. The van der Waals surface area contributed by atoms with Gasteiger partial charge in [0.15, 0.2) is 0 Å². The second kappa shape index (κ2) is 8.55. The van der Waals surface area contributed by atoms with Gasteiger partial charge in [0.2, 0.25) is 5.91 Å². The number of H-pyrrole nitrogens is 1. The summed E-state index contributed by atoms with van der Waals surface area (Å²) in [6.45, 7) is 3.93. The van der Waals surface area contributed by atoms with Gasteiger partial charge in [-0.3, -0.25) is 9.59 Å². The van der Waals surface area contributed by atoms with Crippen LogP contribution < -0.4 is 5.32 Å². The molecule has 0 bridgehead atoms. The number of hydrogen-bond donors (Lipinski definition) is 2. The minimum Gasteiger partial charge on any atom is -0.469 e. The normalized spacial score (nSPS) is 16.1. The van der Waals surface area contributed by atoms with Gasteiger partial charge in [0.25, 0.3) is 5.91 Å². The molecule has 0 saturated carbocycles. The summed E-state index contributed by atoms with van der Waals surface area (Å²) in [7, 11) is 0. The lowest BCUT2D eigenvalue weighted by Gasteiger charge is -2.34. The molecule has 1 aliphatic rings. The maximum absolute atomic E-state index is 12.8. The quantitative estimate of drug-likeness (QED) is 0.672. The first-order chi connectivity index (χ1) is 14.1. The molecule has 6 heteroatoms. The van der Waals surface area contributed by atoms with Gasteiger partial charge in [0, 0.05) is 42.9 Å². The molecule has 1 aromatic carbocycles. The number of aromatic nitrogens is 1. The molecule has 1 atom stereocenters. The van der Waals surface area contributed by atoms with Crippen LogP contribution in [0.3, 0.4) is 0 Å². The second-order valence-electron chi connectivity index (χ2n) is 7.81. The molecule has 3 aromatic rings. The summed E-state index contributed by atoms with van der Waals surface area (Å²) in [6, 6.07) is 13.6. The second-order valence-corrected chi connectivity index (χ2v) is 7.81. The first-order valence-corrected chi connectivity index (χ1v) is 10.3. The molecule has 1 aliphatic heterocycles. The maximum Gasteiger partial charge on any atom is 0.270 e. The molecule has 2 aromatic heterocycles. The number of nitrogens with zero attached hydrogens (tertiary/aromatic N) is 1. The van der Waals surface area contributed by atoms with E-state index in [1.807, 2.05) is 54.3 Å². The Morgan fingerprint density at radius 2 is 2.00 bits per heavy atom. The SMILES string of the molecule is C[C@H](C(=O)NCCc1ccco1)C1CCN(C(=O)c2cc3ccccc3[nH]2)CC1. The van der Waals surface area contributed by atoms with E-state index in [4.69, 9.17) is 4.42 Å². The number of benzene rings is 1. The largest absolute Gasteiger partial charge is 0.469 e. The van der Waals surface area contributed by atoms with E-state index in [0.29, 0.717) is 37.7 Å². The average Bonchev–Trinajstić information content (AvgIpc) is 3.42. The van der Waals surface area contributed by atoms with Gasteiger partial charge in [0.1, 0.15) is 11.5 Å². The van der Waals surface area contributed by atoms with Crippen LogP contribution in [-0.2, 0) is 11.2 Å². The first kappa shape index (κ1) is 19.3. The van der Waals surface area contributed by atoms with Crippen molar-refractivity contribution in [1.29, 1.82) is 0 Å². The molecule has 1 saturated heterocycles. The topological polar surface area (TPSA) is 78.3 Å². The Bertz CT molecular complexity index is 935. The fourth-order valence-electron chi connectivity index (χ4n) is 4.10. The van der Waals surface area contributed by atoms with Crippen LogP contribution in [-0.4, -0.2) is 41.3 Å². The third-order valence-electron chi connectivity index (χ3n) is 5.96. The van der Waals surface area contributed by atoms with Crippen molar-refractivity contribution in [2.75, 3.05) is 19.6 Å². The number of amides is 2. The number of aromatic amines is 1. The summed E-state index contributed by atoms with van der Waals surface area (Å²) in [4.78, 5) is 30.4. The highest BCUT2D eigenvalue weighted by Gasteiger charge is 2.30. The van der Waals surface area contributed by atoms with E-state index in [9.17, 15) is 9.59 Å². The Labute approximate surface area is 170 Å². The molecule has 2 N–H and O–H groups in total. The lowest BCUT2D eigenvalue weighted by molar-refractivity contribution is -0.126. The summed E-state index contributed by atoms with van der Waals surface area (Å²) in [5.74, 6) is 1.23. The van der Waals surface area contributed by atoms with E-state index in [1.54, 1.807) is 6.26 Å². The van der Waals surface area contributed by atoms with Gasteiger partial charge in [0.05, 0.1) is 6.26 Å². The number of carbonyl (C=O) groups is 2. The molecule has 0 unspecified atom stereocenters. The molecule has 1 fully saturated rings. The van der Waals surface area contributed by atoms with Crippen LogP contribution in [0.2, 0.25) is 0 Å². The van der Waals surface area contributed by atoms with Crippen molar-refractivity contribution in [1.82, 2.24) is 15.2 Å². The van der Waals surface area contributed by atoms with E-state index in [1.165, 1.54) is 0 Å². The van der Waals surface area contributed by atoms with Crippen LogP contribution in [0, 0.1) is 11.8 Å². The molecule has 4 rings (SSSR count). The minimum atomic E-state index is -0.0584. The number of hydrogen-bond acceptors (Lipinski definition) is 3. The Morgan fingerprint density at radius 3 is 2.72 bits per heavy atom. The number of para-hydroxylation sites is 1. The van der Waals surface area contributed by atoms with Crippen LogP contribution >= 0.6 is 0 Å². The fourth-order valence-corrected chi connectivity index (χ4v) is 4.10. The van der Waals surface area contributed by atoms with E-state index in [-0.39, 0.29) is 17.7 Å². The van der Waals surface area contributed by atoms with Crippen LogP contribution in [0.15, 0.2) is 53.1 Å². The van der Waals surface area contributed by atoms with Gasteiger partial charge < -0.3 is 19.6 Å². The molecule has 0 spiro atoms. The van der Waals surface area contributed by atoms with Crippen molar-refractivity contribution in [2.24, 2.45) is 11.8 Å². The van der Waals surface area contributed by atoms with E-state index >= 15 is 0 Å². The van der Waals surface area contributed by atoms with Crippen molar-refractivity contribution < 1.29 is 14.0 Å². The number of fused-ring (bicyclic) bond motifs is 1. The molecule has 6 nitrogen and oxygen atoms in total. The highest BCUT2D eigenvalue weighted by molar-refractivity contribution is 5.98. The van der Waals surface area contributed by atoms with Gasteiger partial charge in [-0.1, -0.05) is 25.1 Å². The van der Waals surface area contributed by atoms with E-state index in [2.05, 4.69) is 10.3 Å². The lowest BCUT2D eigenvalue weighted by Crippen LogP contribution is -2.43. The Kier molecular flexibility index (Phi) is 5.69. The molecule has 0 radical (unpaired) electrons.